The Kier molecular flexibility index (Phi) is 9.28. The fourth-order valence-corrected chi connectivity index (χ4v) is 1.99. The minimum absolute atomic E-state index is 0.0441. The highest BCUT2D eigenvalue weighted by atomic mass is 16.7. The van der Waals surface area contributed by atoms with E-state index in [0.29, 0.717) is 19.6 Å². The molecule has 1 aliphatic rings. The summed E-state index contributed by atoms with van der Waals surface area (Å²) in [6.07, 6.45) is 7.72. The van der Waals surface area contributed by atoms with Crippen LogP contribution in [0.3, 0.4) is 0 Å². The SMILES string of the molecule is CCOC(=O)/C=C/[C@H](O)CCCCOC1CCCCO1. The molecule has 1 unspecified atom stereocenters. The third kappa shape index (κ3) is 8.30. The summed E-state index contributed by atoms with van der Waals surface area (Å²) in [6, 6.07) is 0. The van der Waals surface area contributed by atoms with E-state index in [9.17, 15) is 9.90 Å². The Morgan fingerprint density at radius 3 is 3.00 bits per heavy atom. The number of aliphatic hydroxyl groups is 1. The van der Waals surface area contributed by atoms with Crippen LogP contribution in [0.1, 0.15) is 45.4 Å². The molecule has 1 saturated heterocycles. The average molecular weight is 286 g/mol. The number of esters is 1. The fourth-order valence-electron chi connectivity index (χ4n) is 1.99. The molecule has 0 aromatic carbocycles. The summed E-state index contributed by atoms with van der Waals surface area (Å²) >= 11 is 0. The van der Waals surface area contributed by atoms with Crippen molar-refractivity contribution in [2.45, 2.75) is 57.8 Å². The molecule has 0 amide bonds. The van der Waals surface area contributed by atoms with Gasteiger partial charge in [0.1, 0.15) is 0 Å². The van der Waals surface area contributed by atoms with Gasteiger partial charge in [0.05, 0.1) is 12.7 Å². The molecule has 1 heterocycles. The van der Waals surface area contributed by atoms with Gasteiger partial charge >= 0.3 is 5.97 Å². The lowest BCUT2D eigenvalue weighted by molar-refractivity contribution is -0.162. The molecule has 0 radical (unpaired) electrons. The van der Waals surface area contributed by atoms with Gasteiger partial charge in [0, 0.05) is 19.3 Å². The van der Waals surface area contributed by atoms with Crippen LogP contribution in [0.5, 0.6) is 0 Å². The Morgan fingerprint density at radius 2 is 2.30 bits per heavy atom. The van der Waals surface area contributed by atoms with Gasteiger partial charge in [-0.3, -0.25) is 0 Å². The highest BCUT2D eigenvalue weighted by Gasteiger charge is 2.13. The summed E-state index contributed by atoms with van der Waals surface area (Å²) in [7, 11) is 0. The molecule has 0 aromatic rings. The van der Waals surface area contributed by atoms with Gasteiger partial charge in [-0.1, -0.05) is 0 Å². The second-order valence-electron chi connectivity index (χ2n) is 4.84. The molecule has 0 saturated carbocycles. The minimum Gasteiger partial charge on any atom is -0.463 e. The third-order valence-corrected chi connectivity index (χ3v) is 3.08. The quantitative estimate of drug-likeness (QED) is 0.400. The van der Waals surface area contributed by atoms with Crippen molar-refractivity contribution >= 4 is 5.97 Å². The van der Waals surface area contributed by atoms with Crippen LogP contribution in [-0.2, 0) is 19.0 Å². The Balaban J connectivity index is 1.98. The van der Waals surface area contributed by atoms with Crippen LogP contribution >= 0.6 is 0 Å². The number of carbonyl (C=O) groups excluding carboxylic acids is 1. The van der Waals surface area contributed by atoms with E-state index in [-0.39, 0.29) is 6.29 Å². The second-order valence-corrected chi connectivity index (χ2v) is 4.84. The van der Waals surface area contributed by atoms with Gasteiger partial charge in [0.2, 0.25) is 0 Å². The lowest BCUT2D eigenvalue weighted by Crippen LogP contribution is -2.22. The molecule has 5 nitrogen and oxygen atoms in total. The van der Waals surface area contributed by atoms with E-state index in [1.807, 2.05) is 0 Å². The third-order valence-electron chi connectivity index (χ3n) is 3.08. The topological polar surface area (TPSA) is 65.0 Å². The standard InChI is InChI=1S/C15H26O5/c1-2-18-14(17)10-9-13(16)7-3-5-11-19-15-8-4-6-12-20-15/h9-10,13,15-16H,2-8,11-12H2,1H3/b10-9+/t13-,15?/m1/s1. The van der Waals surface area contributed by atoms with E-state index in [2.05, 4.69) is 0 Å². The van der Waals surface area contributed by atoms with Crippen LogP contribution in [0.25, 0.3) is 0 Å². The first-order valence-corrected chi connectivity index (χ1v) is 7.48. The van der Waals surface area contributed by atoms with Crippen LogP contribution in [-0.4, -0.2) is 43.3 Å². The zero-order valence-electron chi connectivity index (χ0n) is 12.3. The number of ether oxygens (including phenoxy) is 3. The van der Waals surface area contributed by atoms with Crippen molar-refractivity contribution in [1.29, 1.82) is 0 Å². The van der Waals surface area contributed by atoms with Gasteiger partial charge in [0.15, 0.2) is 6.29 Å². The Morgan fingerprint density at radius 1 is 1.45 bits per heavy atom. The molecule has 0 bridgehead atoms. The Hall–Kier alpha value is -0.910. The molecule has 0 aromatic heterocycles. The maximum absolute atomic E-state index is 11.0. The number of hydrogen-bond donors (Lipinski definition) is 1. The first kappa shape index (κ1) is 17.1. The minimum atomic E-state index is -0.606. The lowest BCUT2D eigenvalue weighted by atomic mass is 10.1. The van der Waals surface area contributed by atoms with Gasteiger partial charge in [-0.25, -0.2) is 4.79 Å². The smallest absolute Gasteiger partial charge is 0.330 e. The first-order valence-electron chi connectivity index (χ1n) is 7.48. The van der Waals surface area contributed by atoms with Gasteiger partial charge in [-0.15, -0.1) is 0 Å². The van der Waals surface area contributed by atoms with Crippen molar-refractivity contribution in [3.8, 4) is 0 Å². The highest BCUT2D eigenvalue weighted by molar-refractivity contribution is 5.81. The van der Waals surface area contributed by atoms with Gasteiger partial charge < -0.3 is 19.3 Å². The van der Waals surface area contributed by atoms with Crippen LogP contribution in [0.2, 0.25) is 0 Å². The summed E-state index contributed by atoms with van der Waals surface area (Å²) in [5, 5.41) is 9.65. The van der Waals surface area contributed by atoms with Crippen LogP contribution in [0.15, 0.2) is 12.2 Å². The fraction of sp³-hybridized carbons (Fsp3) is 0.800. The Bertz CT molecular complexity index is 284. The van der Waals surface area contributed by atoms with Gasteiger partial charge in [-0.2, -0.15) is 0 Å². The second kappa shape index (κ2) is 10.8. The van der Waals surface area contributed by atoms with E-state index in [0.717, 1.165) is 32.3 Å². The van der Waals surface area contributed by atoms with Crippen molar-refractivity contribution in [3.63, 3.8) is 0 Å². The summed E-state index contributed by atoms with van der Waals surface area (Å²) in [6.45, 7) is 3.54. The van der Waals surface area contributed by atoms with Crippen LogP contribution in [0, 0.1) is 0 Å². The molecule has 116 valence electrons. The van der Waals surface area contributed by atoms with E-state index < -0.39 is 12.1 Å². The predicted molar refractivity (Wildman–Crippen MR) is 75.2 cm³/mol. The number of aliphatic hydroxyl groups excluding tert-OH is 1. The Labute approximate surface area is 120 Å². The first-order chi connectivity index (χ1) is 9.72. The van der Waals surface area contributed by atoms with Crippen molar-refractivity contribution in [1.82, 2.24) is 0 Å². The van der Waals surface area contributed by atoms with E-state index in [1.165, 1.54) is 18.6 Å². The molecular weight excluding hydrogens is 260 g/mol. The molecule has 1 fully saturated rings. The van der Waals surface area contributed by atoms with E-state index >= 15 is 0 Å². The lowest BCUT2D eigenvalue weighted by Gasteiger charge is -2.22. The monoisotopic (exact) mass is 286 g/mol. The van der Waals surface area contributed by atoms with Gasteiger partial charge in [0.25, 0.3) is 0 Å². The molecule has 20 heavy (non-hydrogen) atoms. The highest BCUT2D eigenvalue weighted by Crippen LogP contribution is 2.14. The van der Waals surface area contributed by atoms with E-state index in [1.54, 1.807) is 6.92 Å². The molecule has 1 aliphatic heterocycles. The molecule has 1 N–H and O–H groups in total. The van der Waals surface area contributed by atoms with Crippen molar-refractivity contribution < 1.29 is 24.1 Å². The van der Waals surface area contributed by atoms with Gasteiger partial charge in [-0.05, 0) is 51.5 Å². The maximum atomic E-state index is 11.0. The zero-order chi connectivity index (χ0) is 14.6. The summed E-state index contributed by atoms with van der Waals surface area (Å²) in [5.41, 5.74) is 0. The predicted octanol–water partition coefficient (Wildman–Crippen LogP) is 2.18. The number of rotatable bonds is 9. The molecular formula is C15H26O5. The number of hydrogen-bond acceptors (Lipinski definition) is 5. The van der Waals surface area contributed by atoms with Crippen LogP contribution < -0.4 is 0 Å². The van der Waals surface area contributed by atoms with E-state index in [4.69, 9.17) is 14.2 Å². The molecule has 0 aliphatic carbocycles. The maximum Gasteiger partial charge on any atom is 0.330 e. The average Bonchev–Trinajstić information content (AvgIpc) is 2.46. The van der Waals surface area contributed by atoms with Crippen molar-refractivity contribution in [2.75, 3.05) is 19.8 Å². The van der Waals surface area contributed by atoms with Crippen molar-refractivity contribution in [2.24, 2.45) is 0 Å². The normalized spacial score (nSPS) is 21.0. The largest absolute Gasteiger partial charge is 0.463 e. The van der Waals surface area contributed by atoms with Crippen molar-refractivity contribution in [3.05, 3.63) is 12.2 Å². The summed E-state index contributed by atoms with van der Waals surface area (Å²) < 4.78 is 15.8. The van der Waals surface area contributed by atoms with Crippen LogP contribution in [0.4, 0.5) is 0 Å². The molecule has 5 heteroatoms. The summed E-state index contributed by atoms with van der Waals surface area (Å²) in [4.78, 5) is 11.0. The zero-order valence-corrected chi connectivity index (χ0v) is 12.3. The molecule has 1 rings (SSSR count). The number of unbranched alkanes of at least 4 members (excludes halogenated alkanes) is 1. The molecule has 0 spiro atoms. The summed E-state index contributed by atoms with van der Waals surface area (Å²) in [5.74, 6) is -0.413. The number of carbonyl (C=O) groups is 1. The molecule has 2 atom stereocenters.